The van der Waals surface area contributed by atoms with E-state index in [9.17, 15) is 12.8 Å². The van der Waals surface area contributed by atoms with Crippen molar-refractivity contribution in [1.29, 1.82) is 0 Å². The molecule has 0 bridgehead atoms. The molecule has 0 amide bonds. The van der Waals surface area contributed by atoms with Gasteiger partial charge in [0.1, 0.15) is 4.90 Å². The third kappa shape index (κ3) is 3.50. The van der Waals surface area contributed by atoms with Crippen molar-refractivity contribution in [2.24, 2.45) is 0 Å². The summed E-state index contributed by atoms with van der Waals surface area (Å²) in [5.74, 6) is -1.14. The van der Waals surface area contributed by atoms with Gasteiger partial charge in [-0.25, -0.2) is 17.5 Å². The number of para-hydroxylation sites is 1. The van der Waals surface area contributed by atoms with Crippen molar-refractivity contribution in [3.05, 3.63) is 53.8 Å². The largest absolute Gasteiger partial charge is 0.505 e. The number of benzene rings is 2. The predicted octanol–water partition coefficient (Wildman–Crippen LogP) is 2.05. The topological polar surface area (TPSA) is 78.4 Å². The number of rotatable bonds is 5. The Balaban J connectivity index is 2.23. The van der Waals surface area contributed by atoms with E-state index in [1.807, 2.05) is 0 Å². The van der Waals surface area contributed by atoms with E-state index in [0.29, 0.717) is 11.3 Å². The summed E-state index contributed by atoms with van der Waals surface area (Å²) in [5.41, 5.74) is 1.00. The van der Waals surface area contributed by atoms with Gasteiger partial charge in [0.15, 0.2) is 11.6 Å². The van der Waals surface area contributed by atoms with Crippen molar-refractivity contribution in [2.45, 2.75) is 11.4 Å². The van der Waals surface area contributed by atoms with E-state index in [1.165, 1.54) is 25.2 Å². The maximum atomic E-state index is 13.2. The van der Waals surface area contributed by atoms with E-state index >= 15 is 0 Å². The van der Waals surface area contributed by atoms with Gasteiger partial charge in [-0.3, -0.25) is 0 Å². The molecule has 0 fully saturated rings. The zero-order chi connectivity index (χ0) is 15.5. The summed E-state index contributed by atoms with van der Waals surface area (Å²) < 4.78 is 39.3. The second-order valence-corrected chi connectivity index (χ2v) is 6.20. The van der Waals surface area contributed by atoms with Gasteiger partial charge in [0.25, 0.3) is 0 Å². The maximum absolute atomic E-state index is 13.2. The lowest BCUT2D eigenvalue weighted by Gasteiger charge is -2.12. The Morgan fingerprint density at radius 2 is 1.90 bits per heavy atom. The lowest BCUT2D eigenvalue weighted by atomic mass is 10.2. The molecule has 0 aliphatic rings. The van der Waals surface area contributed by atoms with Gasteiger partial charge >= 0.3 is 0 Å². The van der Waals surface area contributed by atoms with Crippen LogP contribution in [0.2, 0.25) is 0 Å². The molecule has 5 nitrogen and oxygen atoms in total. The Kier molecular flexibility index (Phi) is 4.44. The molecule has 0 heterocycles. The summed E-state index contributed by atoms with van der Waals surface area (Å²) in [5, 5.41) is 12.1. The number of nitrogens with one attached hydrogen (secondary N) is 2. The molecule has 0 radical (unpaired) electrons. The first kappa shape index (κ1) is 15.3. The second-order valence-electron chi connectivity index (χ2n) is 4.34. The molecule has 3 N–H and O–H groups in total. The monoisotopic (exact) mass is 310 g/mol. The fourth-order valence-electron chi connectivity index (χ4n) is 1.81. The number of halogens is 1. The molecule has 0 aliphatic heterocycles. The Morgan fingerprint density at radius 1 is 1.19 bits per heavy atom. The summed E-state index contributed by atoms with van der Waals surface area (Å²) in [6, 6.07) is 10.4. The van der Waals surface area contributed by atoms with Gasteiger partial charge in [-0.2, -0.15) is 0 Å². The summed E-state index contributed by atoms with van der Waals surface area (Å²) in [6.07, 6.45) is 0. The second kappa shape index (κ2) is 6.11. The van der Waals surface area contributed by atoms with Crippen LogP contribution in [0, 0.1) is 5.82 Å². The van der Waals surface area contributed by atoms with E-state index < -0.39 is 21.6 Å². The SMILES string of the molecule is CNS(=O)(=O)c1ccccc1NCc1ccc(O)c(F)c1. The average molecular weight is 310 g/mol. The van der Waals surface area contributed by atoms with Crippen LogP contribution in [0.5, 0.6) is 5.75 Å². The van der Waals surface area contributed by atoms with E-state index in [0.717, 1.165) is 0 Å². The van der Waals surface area contributed by atoms with Crippen LogP contribution in [0.4, 0.5) is 10.1 Å². The van der Waals surface area contributed by atoms with Crippen LogP contribution in [-0.2, 0) is 16.6 Å². The molecule has 112 valence electrons. The van der Waals surface area contributed by atoms with Gasteiger partial charge < -0.3 is 10.4 Å². The number of phenols is 1. The minimum Gasteiger partial charge on any atom is -0.505 e. The molecule has 2 aromatic carbocycles. The highest BCUT2D eigenvalue weighted by Crippen LogP contribution is 2.22. The molecular weight excluding hydrogens is 295 g/mol. The van der Waals surface area contributed by atoms with Crippen LogP contribution in [0.25, 0.3) is 0 Å². The number of hydrogen-bond acceptors (Lipinski definition) is 4. The molecule has 7 heteroatoms. The fourth-order valence-corrected chi connectivity index (χ4v) is 2.72. The molecule has 0 unspecified atom stereocenters. The van der Waals surface area contributed by atoms with E-state index in [1.54, 1.807) is 24.3 Å². The Bertz CT molecular complexity index is 748. The molecule has 21 heavy (non-hydrogen) atoms. The first-order valence-corrected chi connectivity index (χ1v) is 7.66. The van der Waals surface area contributed by atoms with Crippen LogP contribution in [0.1, 0.15) is 5.56 Å². The van der Waals surface area contributed by atoms with Gasteiger partial charge in [-0.05, 0) is 36.9 Å². The maximum Gasteiger partial charge on any atom is 0.242 e. The van der Waals surface area contributed by atoms with E-state index in [4.69, 9.17) is 5.11 Å². The Labute approximate surface area is 122 Å². The molecule has 0 atom stereocenters. The third-order valence-electron chi connectivity index (χ3n) is 2.94. The highest BCUT2D eigenvalue weighted by molar-refractivity contribution is 7.89. The van der Waals surface area contributed by atoms with Crippen molar-refractivity contribution in [1.82, 2.24) is 4.72 Å². The quantitative estimate of drug-likeness (QED) is 0.790. The van der Waals surface area contributed by atoms with Crippen LogP contribution in [-0.4, -0.2) is 20.6 Å². The smallest absolute Gasteiger partial charge is 0.242 e. The highest BCUT2D eigenvalue weighted by Gasteiger charge is 2.15. The molecule has 0 saturated heterocycles. The predicted molar refractivity (Wildman–Crippen MR) is 78.1 cm³/mol. The van der Waals surface area contributed by atoms with Crippen molar-refractivity contribution in [3.63, 3.8) is 0 Å². The van der Waals surface area contributed by atoms with Gasteiger partial charge in [0, 0.05) is 6.54 Å². The van der Waals surface area contributed by atoms with Crippen LogP contribution in [0.3, 0.4) is 0 Å². The summed E-state index contributed by atoms with van der Waals surface area (Å²) >= 11 is 0. The van der Waals surface area contributed by atoms with Crippen LogP contribution >= 0.6 is 0 Å². The van der Waals surface area contributed by atoms with Crippen molar-refractivity contribution >= 4 is 15.7 Å². The minimum absolute atomic E-state index is 0.117. The number of sulfonamides is 1. The fraction of sp³-hybridized carbons (Fsp3) is 0.143. The van der Waals surface area contributed by atoms with Crippen LogP contribution < -0.4 is 10.0 Å². The van der Waals surface area contributed by atoms with Crippen LogP contribution in [0.15, 0.2) is 47.4 Å². The lowest BCUT2D eigenvalue weighted by molar-refractivity contribution is 0.432. The molecule has 0 spiro atoms. The van der Waals surface area contributed by atoms with E-state index in [-0.39, 0.29) is 11.4 Å². The van der Waals surface area contributed by atoms with E-state index in [2.05, 4.69) is 10.0 Å². The normalized spacial score (nSPS) is 11.3. The molecule has 2 aromatic rings. The van der Waals surface area contributed by atoms with Gasteiger partial charge in [-0.1, -0.05) is 18.2 Å². The Morgan fingerprint density at radius 3 is 2.57 bits per heavy atom. The summed E-state index contributed by atoms with van der Waals surface area (Å²) in [6.45, 7) is 0.230. The zero-order valence-corrected chi connectivity index (χ0v) is 12.1. The molecule has 2 rings (SSSR count). The molecule has 0 aromatic heterocycles. The van der Waals surface area contributed by atoms with Crippen molar-refractivity contribution < 1.29 is 17.9 Å². The number of aromatic hydroxyl groups is 1. The zero-order valence-electron chi connectivity index (χ0n) is 11.3. The first-order chi connectivity index (χ1) is 9.94. The number of phenolic OH excluding ortho intramolecular Hbond substituents is 1. The highest BCUT2D eigenvalue weighted by atomic mass is 32.2. The lowest BCUT2D eigenvalue weighted by Crippen LogP contribution is -2.20. The standard InChI is InChI=1S/C14H15FN2O3S/c1-16-21(19,20)14-5-3-2-4-12(14)17-9-10-6-7-13(18)11(15)8-10/h2-8,16-18H,9H2,1H3. The third-order valence-corrected chi connectivity index (χ3v) is 4.41. The average Bonchev–Trinajstić information content (AvgIpc) is 2.49. The van der Waals surface area contributed by atoms with Gasteiger partial charge in [-0.15, -0.1) is 0 Å². The van der Waals surface area contributed by atoms with Crippen molar-refractivity contribution in [3.8, 4) is 5.75 Å². The van der Waals surface area contributed by atoms with Crippen molar-refractivity contribution in [2.75, 3.05) is 12.4 Å². The molecule has 0 saturated carbocycles. The minimum atomic E-state index is -3.57. The molecule has 0 aliphatic carbocycles. The summed E-state index contributed by atoms with van der Waals surface area (Å²) in [4.78, 5) is 0.117. The van der Waals surface area contributed by atoms with Gasteiger partial charge in [0.05, 0.1) is 5.69 Å². The number of hydrogen-bond donors (Lipinski definition) is 3. The molecular formula is C14H15FN2O3S. The van der Waals surface area contributed by atoms with Gasteiger partial charge in [0.2, 0.25) is 10.0 Å². The summed E-state index contributed by atoms with van der Waals surface area (Å²) in [7, 11) is -2.24. The number of anilines is 1. The Hall–Kier alpha value is -2.12. The first-order valence-electron chi connectivity index (χ1n) is 6.18.